The minimum absolute atomic E-state index is 0.192. The van der Waals surface area contributed by atoms with E-state index >= 15 is 0 Å². The van der Waals surface area contributed by atoms with Crippen molar-refractivity contribution >= 4 is 35.0 Å². The summed E-state index contributed by atoms with van der Waals surface area (Å²) in [6.45, 7) is 7.53. The molecule has 1 aliphatic rings. The fourth-order valence-electron chi connectivity index (χ4n) is 5.63. The second-order valence-electron chi connectivity index (χ2n) is 11.2. The van der Waals surface area contributed by atoms with Crippen molar-refractivity contribution < 1.29 is 23.8 Å². The molecule has 2 aromatic heterocycles. The van der Waals surface area contributed by atoms with Gasteiger partial charge < -0.3 is 19.6 Å². The molecular formula is C36H31N3O6S. The van der Waals surface area contributed by atoms with Gasteiger partial charge in [0.05, 0.1) is 34.5 Å². The zero-order valence-electron chi connectivity index (χ0n) is 25.9. The molecule has 0 radical (unpaired) electrons. The van der Waals surface area contributed by atoms with Crippen molar-refractivity contribution in [1.82, 2.24) is 4.57 Å². The number of aromatic nitrogens is 1. The minimum atomic E-state index is -1.00. The summed E-state index contributed by atoms with van der Waals surface area (Å²) in [5.74, 6) is 0.305. The predicted molar refractivity (Wildman–Crippen MR) is 177 cm³/mol. The fraction of sp³-hybridized carbons (Fsp3) is 0.167. The second-order valence-corrected chi connectivity index (χ2v) is 12.2. The summed E-state index contributed by atoms with van der Waals surface area (Å²) in [6.07, 6.45) is 1.66. The first kappa shape index (κ1) is 30.5. The summed E-state index contributed by atoms with van der Waals surface area (Å²) in [5, 5.41) is 12.3. The second kappa shape index (κ2) is 12.1. The number of nitrogens with one attached hydrogen (secondary N) is 1. The van der Waals surface area contributed by atoms with Crippen LogP contribution in [-0.2, 0) is 4.79 Å². The Labute approximate surface area is 268 Å². The third-order valence-electron chi connectivity index (χ3n) is 7.97. The average Bonchev–Trinajstić information content (AvgIpc) is 3.61. The van der Waals surface area contributed by atoms with E-state index in [0.717, 1.165) is 27.8 Å². The molecule has 9 nitrogen and oxygen atoms in total. The topological polar surface area (TPSA) is 123 Å². The number of carboxylic acid groups (broad SMARTS) is 1. The van der Waals surface area contributed by atoms with E-state index in [2.05, 4.69) is 5.32 Å². The number of rotatable bonds is 7. The number of carbonyl (C=O) groups is 2. The van der Waals surface area contributed by atoms with Crippen molar-refractivity contribution in [3.63, 3.8) is 0 Å². The molecule has 1 aliphatic heterocycles. The molecule has 232 valence electrons. The standard InChI is InChI=1S/C36H31N3O6S/c1-19-6-14-28(21(3)16-19)38-33(40)31-22(4)37-36-39(32(31)23-7-10-25(44-5)11-8-23)34(41)30(46-36)18-26-12-15-29(45-26)27-13-9-24(35(42)43)17-20(27)2/h6-18,32H,1-5H3,(H,38,40)(H,42,43)/b30-18+/t32-/m1/s1. The molecule has 1 amide bonds. The van der Waals surface area contributed by atoms with Crippen LogP contribution < -0.4 is 24.9 Å². The molecule has 2 N–H and O–H groups in total. The van der Waals surface area contributed by atoms with Crippen molar-refractivity contribution in [2.45, 2.75) is 33.7 Å². The molecule has 0 fully saturated rings. The van der Waals surface area contributed by atoms with Gasteiger partial charge in [-0.2, -0.15) is 0 Å². The number of thiazole rings is 1. The van der Waals surface area contributed by atoms with Crippen LogP contribution in [0.4, 0.5) is 5.69 Å². The number of carbonyl (C=O) groups excluding carboxylic acids is 1. The van der Waals surface area contributed by atoms with Gasteiger partial charge in [0.25, 0.3) is 11.5 Å². The van der Waals surface area contributed by atoms with E-state index in [0.29, 0.717) is 43.6 Å². The molecule has 5 aromatic rings. The number of amides is 1. The van der Waals surface area contributed by atoms with E-state index in [9.17, 15) is 19.5 Å². The van der Waals surface area contributed by atoms with E-state index in [4.69, 9.17) is 14.1 Å². The van der Waals surface area contributed by atoms with Gasteiger partial charge in [0, 0.05) is 17.3 Å². The average molecular weight is 634 g/mol. The van der Waals surface area contributed by atoms with Crippen molar-refractivity contribution in [2.75, 3.05) is 12.4 Å². The van der Waals surface area contributed by atoms with Gasteiger partial charge in [-0.25, -0.2) is 9.79 Å². The van der Waals surface area contributed by atoms with Gasteiger partial charge in [0.15, 0.2) is 4.80 Å². The van der Waals surface area contributed by atoms with Crippen LogP contribution in [0.3, 0.4) is 0 Å². The van der Waals surface area contributed by atoms with Crippen molar-refractivity contribution in [3.8, 4) is 17.1 Å². The number of fused-ring (bicyclic) bond motifs is 1. The molecule has 0 spiro atoms. The quantitative estimate of drug-likeness (QED) is 0.235. The maximum Gasteiger partial charge on any atom is 0.335 e. The Morgan fingerprint density at radius 3 is 2.41 bits per heavy atom. The molecule has 10 heteroatoms. The predicted octanol–water partition coefficient (Wildman–Crippen LogP) is 5.77. The third-order valence-corrected chi connectivity index (χ3v) is 8.95. The van der Waals surface area contributed by atoms with Crippen LogP contribution >= 0.6 is 11.3 Å². The number of ether oxygens (including phenoxy) is 1. The van der Waals surface area contributed by atoms with Gasteiger partial charge in [-0.15, -0.1) is 0 Å². The van der Waals surface area contributed by atoms with E-state index in [-0.39, 0.29) is 17.0 Å². The van der Waals surface area contributed by atoms with Gasteiger partial charge in [0.1, 0.15) is 17.3 Å². The Balaban J connectivity index is 1.43. The molecule has 6 rings (SSSR count). The van der Waals surface area contributed by atoms with Crippen LogP contribution in [0.2, 0.25) is 0 Å². The number of furan rings is 1. The van der Waals surface area contributed by atoms with Crippen LogP contribution in [-0.4, -0.2) is 28.7 Å². The lowest BCUT2D eigenvalue weighted by molar-refractivity contribution is -0.113. The van der Waals surface area contributed by atoms with Gasteiger partial charge >= 0.3 is 5.97 Å². The summed E-state index contributed by atoms with van der Waals surface area (Å²) in [7, 11) is 1.58. The Morgan fingerprint density at radius 1 is 0.978 bits per heavy atom. The molecule has 0 aliphatic carbocycles. The van der Waals surface area contributed by atoms with Crippen molar-refractivity contribution in [3.05, 3.63) is 137 Å². The lowest BCUT2D eigenvalue weighted by atomic mass is 9.95. The molecule has 0 saturated carbocycles. The number of anilines is 1. The van der Waals surface area contributed by atoms with Crippen LogP contribution in [0.15, 0.2) is 98.3 Å². The molecule has 1 atom stereocenters. The lowest BCUT2D eigenvalue weighted by Gasteiger charge is -2.25. The normalized spacial score (nSPS) is 14.5. The van der Waals surface area contributed by atoms with Gasteiger partial charge in [0.2, 0.25) is 0 Å². The Morgan fingerprint density at radius 2 is 1.74 bits per heavy atom. The molecule has 46 heavy (non-hydrogen) atoms. The van der Waals surface area contributed by atoms with Crippen LogP contribution in [0.5, 0.6) is 5.75 Å². The highest BCUT2D eigenvalue weighted by atomic mass is 32.1. The smallest absolute Gasteiger partial charge is 0.335 e. The van der Waals surface area contributed by atoms with Crippen LogP contribution in [0, 0.1) is 20.8 Å². The summed E-state index contributed by atoms with van der Waals surface area (Å²) in [4.78, 5) is 44.6. The van der Waals surface area contributed by atoms with Gasteiger partial charge in [-0.05, 0) is 86.8 Å². The lowest BCUT2D eigenvalue weighted by Crippen LogP contribution is -2.40. The first-order valence-corrected chi connectivity index (χ1v) is 15.3. The first-order valence-electron chi connectivity index (χ1n) is 14.5. The highest BCUT2D eigenvalue weighted by molar-refractivity contribution is 7.07. The number of aromatic carboxylic acids is 1. The summed E-state index contributed by atoms with van der Waals surface area (Å²) in [5.41, 5.74) is 5.69. The van der Waals surface area contributed by atoms with Crippen LogP contribution in [0.25, 0.3) is 17.4 Å². The van der Waals surface area contributed by atoms with E-state index < -0.39 is 12.0 Å². The molecule has 0 bridgehead atoms. The highest BCUT2D eigenvalue weighted by Crippen LogP contribution is 2.32. The molecule has 0 saturated heterocycles. The largest absolute Gasteiger partial charge is 0.497 e. The maximum absolute atomic E-state index is 14.1. The third kappa shape index (κ3) is 5.70. The van der Waals surface area contributed by atoms with Gasteiger partial charge in [-0.1, -0.05) is 47.2 Å². The minimum Gasteiger partial charge on any atom is -0.497 e. The summed E-state index contributed by atoms with van der Waals surface area (Å²) >= 11 is 1.21. The zero-order chi connectivity index (χ0) is 32.7. The van der Waals surface area contributed by atoms with Crippen molar-refractivity contribution in [1.29, 1.82) is 0 Å². The first-order chi connectivity index (χ1) is 22.0. The number of benzene rings is 3. The molecule has 3 aromatic carbocycles. The molecule has 3 heterocycles. The Hall–Kier alpha value is -5.48. The van der Waals surface area contributed by atoms with E-state index in [1.807, 2.05) is 51.1 Å². The highest BCUT2D eigenvalue weighted by Gasteiger charge is 2.32. The van der Waals surface area contributed by atoms with Crippen LogP contribution in [0.1, 0.15) is 51.3 Å². The maximum atomic E-state index is 14.1. The zero-order valence-corrected chi connectivity index (χ0v) is 26.7. The van der Waals surface area contributed by atoms with Crippen molar-refractivity contribution in [2.24, 2.45) is 4.99 Å². The Bertz CT molecular complexity index is 2240. The SMILES string of the molecule is COc1ccc([C@@H]2C(C(=O)Nc3ccc(C)cc3C)=C(C)N=c3s/c(=C/c4ccc(-c5ccc(C(=O)O)cc5C)o4)c(=O)n32)cc1. The van der Waals surface area contributed by atoms with E-state index in [1.165, 1.54) is 17.4 Å². The van der Waals surface area contributed by atoms with E-state index in [1.54, 1.807) is 61.1 Å². The summed E-state index contributed by atoms with van der Waals surface area (Å²) in [6, 6.07) is 20.7. The number of hydrogen-bond acceptors (Lipinski definition) is 7. The number of methoxy groups -OCH3 is 1. The molecular weight excluding hydrogens is 602 g/mol. The number of carboxylic acids is 1. The monoisotopic (exact) mass is 633 g/mol. The number of allylic oxidation sites excluding steroid dienone is 1. The number of nitrogens with zero attached hydrogens (tertiary/aromatic N) is 2. The Kier molecular flexibility index (Phi) is 8.06. The van der Waals surface area contributed by atoms with Gasteiger partial charge in [-0.3, -0.25) is 14.2 Å². The number of hydrogen-bond donors (Lipinski definition) is 2. The fourth-order valence-corrected chi connectivity index (χ4v) is 6.66. The summed E-state index contributed by atoms with van der Waals surface area (Å²) < 4.78 is 13.4. The molecule has 0 unspecified atom stereocenters. The number of aryl methyl sites for hydroxylation is 3.